The van der Waals surface area contributed by atoms with Crippen LogP contribution in [-0.2, 0) is 24.4 Å². The molecule has 16 heteroatoms. The Labute approximate surface area is 335 Å². The maximum Gasteiger partial charge on any atom is 0.315 e. The first-order chi connectivity index (χ1) is 26.8. The number of carbonyl (C=O) groups excluding carboxylic acids is 4. The van der Waals surface area contributed by atoms with Crippen molar-refractivity contribution in [2.75, 3.05) is 31.6 Å². The first kappa shape index (κ1) is 40.6. The molecule has 2 aromatic rings. The minimum atomic E-state index is -4.00. The van der Waals surface area contributed by atoms with Crippen molar-refractivity contribution in [1.82, 2.24) is 30.6 Å². The molecule has 4 heterocycles. The van der Waals surface area contributed by atoms with Gasteiger partial charge in [0.2, 0.25) is 27.7 Å². The lowest BCUT2D eigenvalue weighted by Gasteiger charge is -2.33. The Morgan fingerprint density at radius 3 is 2.56 bits per heavy atom. The molecule has 1 aromatic heterocycles. The number of aromatic nitrogens is 1. The number of ether oxygens (including phenoxy) is 2. The van der Waals surface area contributed by atoms with Gasteiger partial charge in [-0.05, 0) is 96.3 Å². The van der Waals surface area contributed by atoms with Crippen molar-refractivity contribution in [2.24, 2.45) is 17.8 Å². The van der Waals surface area contributed by atoms with Crippen LogP contribution in [0.25, 0.3) is 10.8 Å². The van der Waals surface area contributed by atoms with Crippen LogP contribution in [0.4, 0.5) is 10.5 Å². The summed E-state index contributed by atoms with van der Waals surface area (Å²) in [4.78, 5) is 64.9. The van der Waals surface area contributed by atoms with Crippen molar-refractivity contribution < 1.29 is 37.1 Å². The number of anilines is 1. The lowest BCUT2D eigenvalue weighted by Crippen LogP contribution is -2.60. The summed E-state index contributed by atoms with van der Waals surface area (Å²) in [6.45, 7) is 12.4. The lowest BCUT2D eigenvalue weighted by atomic mass is 9.88. The van der Waals surface area contributed by atoms with Crippen molar-refractivity contribution in [3.8, 4) is 11.6 Å². The van der Waals surface area contributed by atoms with E-state index in [0.29, 0.717) is 43.6 Å². The monoisotopic (exact) mass is 807 g/mol. The molecule has 5 aliphatic rings. The number of carbonyl (C=O) groups is 4. The van der Waals surface area contributed by atoms with Gasteiger partial charge in [0.05, 0.1) is 23.5 Å². The number of likely N-dealkylation sites (N-methyl/N-ethyl adjacent to an activating group) is 1. The van der Waals surface area contributed by atoms with Crippen LogP contribution >= 0.6 is 0 Å². The fraction of sp³-hybridized carbons (Fsp3) is 0.634. The number of allylic oxidation sites excluding steroid dienone is 1. The minimum Gasteiger partial charge on any atom is -0.489 e. The van der Waals surface area contributed by atoms with Crippen molar-refractivity contribution in [1.29, 1.82) is 0 Å². The van der Waals surface area contributed by atoms with Gasteiger partial charge in [-0.3, -0.25) is 19.1 Å². The zero-order chi connectivity index (χ0) is 41.1. The molecule has 7 atom stereocenters. The van der Waals surface area contributed by atoms with Crippen LogP contribution in [0.5, 0.6) is 11.6 Å². The minimum absolute atomic E-state index is 0.00420. The number of amides is 5. The van der Waals surface area contributed by atoms with Crippen molar-refractivity contribution in [3.05, 3.63) is 36.5 Å². The highest BCUT2D eigenvalue weighted by Crippen LogP contribution is 2.48. The lowest BCUT2D eigenvalue weighted by molar-refractivity contribution is -0.142. The van der Waals surface area contributed by atoms with E-state index in [-0.39, 0.29) is 31.2 Å². The fourth-order valence-corrected chi connectivity index (χ4v) is 9.73. The van der Waals surface area contributed by atoms with Crippen LogP contribution in [-0.4, -0.2) is 103 Å². The average Bonchev–Trinajstić information content (AvgIpc) is 4.01. The molecular formula is C41H57N7O8S. The Morgan fingerprint density at radius 2 is 1.84 bits per heavy atom. The van der Waals surface area contributed by atoms with E-state index < -0.39 is 73.7 Å². The normalized spacial score (nSPS) is 30.0. The summed E-state index contributed by atoms with van der Waals surface area (Å²) in [7, 11) is -1.99. The fourth-order valence-electron chi connectivity index (χ4n) is 8.41. The highest BCUT2D eigenvalue weighted by molar-refractivity contribution is 7.91. The summed E-state index contributed by atoms with van der Waals surface area (Å²) in [5.74, 6) is -1.39. The van der Waals surface area contributed by atoms with E-state index in [1.54, 1.807) is 13.1 Å². The van der Waals surface area contributed by atoms with E-state index >= 15 is 0 Å². The molecule has 0 unspecified atom stereocenters. The smallest absolute Gasteiger partial charge is 0.315 e. The highest BCUT2D eigenvalue weighted by Gasteiger charge is 2.63. The average molecular weight is 808 g/mol. The molecule has 0 bridgehead atoms. The second kappa shape index (κ2) is 15.0. The van der Waals surface area contributed by atoms with Gasteiger partial charge < -0.3 is 35.2 Å². The number of pyridine rings is 1. The van der Waals surface area contributed by atoms with Gasteiger partial charge in [0, 0.05) is 41.9 Å². The molecule has 7 rings (SSSR count). The third kappa shape index (κ3) is 8.24. The van der Waals surface area contributed by atoms with Gasteiger partial charge in [-0.1, -0.05) is 26.0 Å². The van der Waals surface area contributed by atoms with Gasteiger partial charge in [-0.2, -0.15) is 0 Å². The zero-order valence-electron chi connectivity index (χ0n) is 34.0. The van der Waals surface area contributed by atoms with E-state index in [4.69, 9.17) is 9.47 Å². The predicted octanol–water partition coefficient (Wildman–Crippen LogP) is 3.76. The van der Waals surface area contributed by atoms with Crippen molar-refractivity contribution in [3.63, 3.8) is 0 Å². The first-order valence-electron chi connectivity index (χ1n) is 20.2. The summed E-state index contributed by atoms with van der Waals surface area (Å²) in [6, 6.07) is 3.13. The van der Waals surface area contributed by atoms with E-state index in [2.05, 4.69) is 37.5 Å². The predicted molar refractivity (Wildman–Crippen MR) is 215 cm³/mol. The van der Waals surface area contributed by atoms with E-state index in [0.717, 1.165) is 29.8 Å². The SMILES string of the molecule is C[C@@H]1CCC=C[C@@H]2C[C@@]2(C(=O)NS(=O)(=O)C2(C)CC2)NC(=O)[C@@H]2C[C@@H](Oc3nccc4c5c(ccc34)N(C)CCO5)CN2C(=O)[C@@H](NC(=O)NC(C)(C)C)[C@H](C)C1. The quantitative estimate of drug-likeness (QED) is 0.313. The van der Waals surface area contributed by atoms with E-state index in [1.807, 2.05) is 65.1 Å². The maximum absolute atomic E-state index is 14.9. The Hall–Kier alpha value is -4.60. The van der Waals surface area contributed by atoms with E-state index in [9.17, 15) is 27.6 Å². The number of urea groups is 1. The molecule has 3 aliphatic heterocycles. The number of hydrogen-bond acceptors (Lipinski definition) is 10. The second-order valence-corrected chi connectivity index (χ2v) is 20.4. The molecule has 2 saturated carbocycles. The summed E-state index contributed by atoms with van der Waals surface area (Å²) < 4.78 is 40.4. The molecule has 1 aromatic carbocycles. The van der Waals surface area contributed by atoms with Crippen LogP contribution < -0.4 is 35.0 Å². The third-order valence-corrected chi connectivity index (χ3v) is 14.4. The first-order valence-corrected chi connectivity index (χ1v) is 21.7. The molecule has 2 aliphatic carbocycles. The number of nitrogens with zero attached hydrogens (tertiary/aromatic N) is 3. The van der Waals surface area contributed by atoms with Crippen LogP contribution in [0, 0.1) is 17.8 Å². The number of hydrogen-bond donors (Lipinski definition) is 4. The Bertz CT molecular complexity index is 2080. The van der Waals surface area contributed by atoms with E-state index in [1.165, 1.54) is 4.90 Å². The van der Waals surface area contributed by atoms with Crippen LogP contribution in [0.1, 0.15) is 86.5 Å². The molecule has 1 saturated heterocycles. The van der Waals surface area contributed by atoms with Crippen LogP contribution in [0.15, 0.2) is 36.5 Å². The standard InChI is InChI=1S/C41H57N7O8S/c1-24-10-8-9-11-26-22-41(26,37(51)46-57(53,54)40(6)15-16-40)44-34(49)31-21-27(23-48(31)36(50)32(25(2)20-24)43-38(52)45-39(3,4)5)56-35-29-12-13-30-33(28(29)14-17-42-35)55-19-18-47(30)7/h9,11-14,17,24-27,31-32H,8,10,15-16,18-23H2,1-7H3,(H,44,49)(H,46,51)(H2,43,45,52)/t24-,25-,26-,27-,31+,32+,41-/m1/s1. The summed E-state index contributed by atoms with van der Waals surface area (Å²) in [5, 5.41) is 10.3. The van der Waals surface area contributed by atoms with Crippen molar-refractivity contribution in [2.45, 2.75) is 121 Å². The number of nitrogens with one attached hydrogen (secondary N) is 4. The Morgan fingerprint density at radius 1 is 1.09 bits per heavy atom. The summed E-state index contributed by atoms with van der Waals surface area (Å²) >= 11 is 0. The topological polar surface area (TPSA) is 188 Å². The molecule has 0 radical (unpaired) electrons. The van der Waals surface area contributed by atoms with Gasteiger partial charge >= 0.3 is 6.03 Å². The molecule has 57 heavy (non-hydrogen) atoms. The van der Waals surface area contributed by atoms with Gasteiger partial charge in [-0.25, -0.2) is 18.2 Å². The second-order valence-electron chi connectivity index (χ2n) is 18.2. The third-order valence-electron chi connectivity index (χ3n) is 12.2. The van der Waals surface area contributed by atoms with Gasteiger partial charge in [0.15, 0.2) is 5.75 Å². The molecule has 0 spiro atoms. The number of fused-ring (bicyclic) bond motifs is 5. The molecular weight excluding hydrogens is 751 g/mol. The zero-order valence-corrected chi connectivity index (χ0v) is 34.8. The summed E-state index contributed by atoms with van der Waals surface area (Å²) in [6.07, 6.45) is 8.04. The molecule has 310 valence electrons. The Kier molecular flexibility index (Phi) is 10.7. The Balaban J connectivity index is 1.23. The number of rotatable bonds is 6. The van der Waals surface area contributed by atoms with Gasteiger partial charge in [0.25, 0.3) is 5.91 Å². The summed E-state index contributed by atoms with van der Waals surface area (Å²) in [5.41, 5.74) is -1.15. The number of sulfonamides is 1. The van der Waals surface area contributed by atoms with Crippen molar-refractivity contribution >= 4 is 50.2 Å². The molecule has 5 amide bonds. The van der Waals surface area contributed by atoms with Gasteiger partial charge in [-0.15, -0.1) is 0 Å². The molecule has 4 N–H and O–H groups in total. The van der Waals surface area contributed by atoms with Crippen LogP contribution in [0.3, 0.4) is 0 Å². The maximum atomic E-state index is 14.9. The largest absolute Gasteiger partial charge is 0.489 e. The highest BCUT2D eigenvalue weighted by atomic mass is 32.2. The molecule has 3 fully saturated rings. The molecule has 15 nitrogen and oxygen atoms in total. The number of benzene rings is 1. The van der Waals surface area contributed by atoms with Crippen LogP contribution in [0.2, 0.25) is 0 Å². The van der Waals surface area contributed by atoms with Gasteiger partial charge in [0.1, 0.15) is 30.3 Å².